The number of nitrogens with one attached hydrogen (secondary N) is 1. The van der Waals surface area contributed by atoms with Gasteiger partial charge in [0.2, 0.25) is 5.78 Å². The van der Waals surface area contributed by atoms with Crippen LogP contribution in [0.5, 0.6) is 11.5 Å². The second-order valence-corrected chi connectivity index (χ2v) is 5.62. The molecule has 0 aliphatic carbocycles. The van der Waals surface area contributed by atoms with Crippen LogP contribution in [0.25, 0.3) is 0 Å². The number of aromatic nitrogens is 1. The van der Waals surface area contributed by atoms with E-state index in [-0.39, 0.29) is 12.4 Å². The minimum absolute atomic E-state index is 0.248. The topological polar surface area (TPSA) is 77.6 Å². The van der Waals surface area contributed by atoms with Crippen LogP contribution in [0.3, 0.4) is 0 Å². The van der Waals surface area contributed by atoms with Crippen molar-refractivity contribution in [1.82, 2.24) is 4.98 Å². The smallest absolute Gasteiger partial charge is 0.340 e. The molecule has 0 bridgehead atoms. The summed E-state index contributed by atoms with van der Waals surface area (Å²) in [6, 6.07) is 7.12. The Morgan fingerprint density at radius 1 is 1.16 bits per heavy atom. The summed E-state index contributed by atoms with van der Waals surface area (Å²) in [7, 11) is 1.54. The van der Waals surface area contributed by atoms with Crippen molar-refractivity contribution in [2.45, 2.75) is 33.8 Å². The Bertz CT molecular complexity index is 778. The predicted octanol–water partition coefficient (Wildman–Crippen LogP) is 3.47. The molecule has 1 aromatic heterocycles. The van der Waals surface area contributed by atoms with Crippen molar-refractivity contribution in [3.05, 3.63) is 46.8 Å². The van der Waals surface area contributed by atoms with Gasteiger partial charge in [0.25, 0.3) is 0 Å². The van der Waals surface area contributed by atoms with Crippen LogP contribution in [0.15, 0.2) is 24.3 Å². The van der Waals surface area contributed by atoms with Crippen molar-refractivity contribution in [3.8, 4) is 11.5 Å². The van der Waals surface area contributed by atoms with E-state index >= 15 is 0 Å². The Labute approximate surface area is 147 Å². The normalized spacial score (nSPS) is 11.7. The summed E-state index contributed by atoms with van der Waals surface area (Å²) in [6.07, 6.45) is -0.747. The van der Waals surface area contributed by atoms with Gasteiger partial charge in [-0.15, -0.1) is 0 Å². The van der Waals surface area contributed by atoms with Crippen LogP contribution in [0.1, 0.15) is 46.0 Å². The Morgan fingerprint density at radius 2 is 1.80 bits per heavy atom. The number of aryl methyl sites for hydroxylation is 1. The van der Waals surface area contributed by atoms with Gasteiger partial charge < -0.3 is 19.2 Å². The van der Waals surface area contributed by atoms with E-state index in [0.29, 0.717) is 34.0 Å². The lowest BCUT2D eigenvalue weighted by Gasteiger charge is -2.15. The van der Waals surface area contributed by atoms with E-state index in [1.807, 2.05) is 6.07 Å². The number of para-hydroxylation sites is 2. The van der Waals surface area contributed by atoms with Gasteiger partial charge in [0, 0.05) is 5.69 Å². The molecule has 2 aromatic rings. The molecule has 134 valence electrons. The summed E-state index contributed by atoms with van der Waals surface area (Å²) < 4.78 is 16.0. The van der Waals surface area contributed by atoms with Gasteiger partial charge in [0.1, 0.15) is 0 Å². The average Bonchev–Trinajstić information content (AvgIpc) is 2.89. The number of Topliss-reactive ketones (excluding diaryl/α,β-unsaturated/α-hetero) is 1. The first-order valence-electron chi connectivity index (χ1n) is 8.10. The highest BCUT2D eigenvalue weighted by Crippen LogP contribution is 2.28. The summed E-state index contributed by atoms with van der Waals surface area (Å²) in [5.74, 6) is 0.347. The molecule has 0 saturated heterocycles. The van der Waals surface area contributed by atoms with Crippen LogP contribution in [0.2, 0.25) is 0 Å². The van der Waals surface area contributed by atoms with Crippen molar-refractivity contribution in [1.29, 1.82) is 0 Å². The van der Waals surface area contributed by atoms with E-state index in [1.54, 1.807) is 53.0 Å². The number of ether oxygens (including phenoxy) is 3. The molecule has 2 rings (SSSR count). The third-order valence-electron chi connectivity index (χ3n) is 3.91. The molecule has 0 spiro atoms. The largest absolute Gasteiger partial charge is 0.493 e. The van der Waals surface area contributed by atoms with Gasteiger partial charge in [-0.25, -0.2) is 4.79 Å². The monoisotopic (exact) mass is 345 g/mol. The quantitative estimate of drug-likeness (QED) is 0.614. The van der Waals surface area contributed by atoms with Gasteiger partial charge in [-0.1, -0.05) is 12.1 Å². The minimum atomic E-state index is -0.747. The van der Waals surface area contributed by atoms with Gasteiger partial charge >= 0.3 is 5.97 Å². The summed E-state index contributed by atoms with van der Waals surface area (Å²) in [6.45, 7) is 7.14. The standard InChI is InChI=1S/C19H23NO5/c1-6-24-19(22)16-11(2)17(20-12(16)3)18(21)13(4)25-15-10-8-7-9-14(15)23-5/h7-10,13,20H,6H2,1-5H3/t13-/m0/s1. The molecule has 1 heterocycles. The van der Waals surface area contributed by atoms with Crippen molar-refractivity contribution >= 4 is 11.8 Å². The number of methoxy groups -OCH3 is 1. The van der Waals surface area contributed by atoms with Gasteiger partial charge in [-0.05, 0) is 45.4 Å². The van der Waals surface area contributed by atoms with E-state index in [9.17, 15) is 9.59 Å². The number of carbonyl (C=O) groups is 2. The van der Waals surface area contributed by atoms with E-state index < -0.39 is 12.1 Å². The van der Waals surface area contributed by atoms with E-state index in [1.165, 1.54) is 0 Å². The van der Waals surface area contributed by atoms with Crippen LogP contribution in [-0.4, -0.2) is 36.6 Å². The zero-order valence-electron chi connectivity index (χ0n) is 15.1. The molecule has 6 heteroatoms. The highest BCUT2D eigenvalue weighted by atomic mass is 16.5. The molecule has 0 saturated carbocycles. The Balaban J connectivity index is 2.25. The zero-order chi connectivity index (χ0) is 18.6. The molecule has 0 amide bonds. The second kappa shape index (κ2) is 7.88. The van der Waals surface area contributed by atoms with Crippen molar-refractivity contribution in [2.24, 2.45) is 0 Å². The fraction of sp³-hybridized carbons (Fsp3) is 0.368. The molecule has 0 aliphatic rings. The second-order valence-electron chi connectivity index (χ2n) is 5.62. The molecule has 1 aromatic carbocycles. The predicted molar refractivity (Wildman–Crippen MR) is 93.6 cm³/mol. The van der Waals surface area contributed by atoms with Crippen LogP contribution in [0.4, 0.5) is 0 Å². The summed E-state index contributed by atoms with van der Waals surface area (Å²) in [4.78, 5) is 27.8. The molecule has 25 heavy (non-hydrogen) atoms. The lowest BCUT2D eigenvalue weighted by molar-refractivity contribution is 0.0525. The molecule has 0 aliphatic heterocycles. The fourth-order valence-electron chi connectivity index (χ4n) is 2.67. The zero-order valence-corrected chi connectivity index (χ0v) is 15.1. The SMILES string of the molecule is CCOC(=O)c1c(C)[nH]c(C(=O)[C@H](C)Oc2ccccc2OC)c1C. The maximum Gasteiger partial charge on any atom is 0.340 e. The lowest BCUT2D eigenvalue weighted by Crippen LogP contribution is -2.25. The number of esters is 1. The number of benzene rings is 1. The first-order chi connectivity index (χ1) is 11.9. The van der Waals surface area contributed by atoms with E-state index in [2.05, 4.69) is 4.98 Å². The van der Waals surface area contributed by atoms with Crippen LogP contribution in [0, 0.1) is 13.8 Å². The lowest BCUT2D eigenvalue weighted by atomic mass is 10.1. The van der Waals surface area contributed by atoms with E-state index in [4.69, 9.17) is 14.2 Å². The molecular weight excluding hydrogens is 322 g/mol. The number of H-pyrrole nitrogens is 1. The molecule has 1 N–H and O–H groups in total. The third kappa shape index (κ3) is 3.84. The number of ketones is 1. The van der Waals surface area contributed by atoms with Crippen LogP contribution >= 0.6 is 0 Å². The van der Waals surface area contributed by atoms with Gasteiger partial charge in [-0.2, -0.15) is 0 Å². The fourth-order valence-corrected chi connectivity index (χ4v) is 2.67. The van der Waals surface area contributed by atoms with Gasteiger partial charge in [-0.3, -0.25) is 4.79 Å². The maximum atomic E-state index is 12.8. The highest BCUT2D eigenvalue weighted by Gasteiger charge is 2.27. The first-order valence-corrected chi connectivity index (χ1v) is 8.10. The Hall–Kier alpha value is -2.76. The molecule has 6 nitrogen and oxygen atoms in total. The van der Waals surface area contributed by atoms with Crippen molar-refractivity contribution in [2.75, 3.05) is 13.7 Å². The summed E-state index contributed by atoms with van der Waals surface area (Å²) >= 11 is 0. The average molecular weight is 345 g/mol. The van der Waals surface area contributed by atoms with Gasteiger partial charge in [0.15, 0.2) is 17.6 Å². The maximum absolute atomic E-state index is 12.8. The molecule has 0 fully saturated rings. The first kappa shape index (κ1) is 18.6. The van der Waals surface area contributed by atoms with E-state index in [0.717, 1.165) is 0 Å². The molecule has 0 unspecified atom stereocenters. The minimum Gasteiger partial charge on any atom is -0.493 e. The summed E-state index contributed by atoms with van der Waals surface area (Å²) in [5, 5.41) is 0. The number of hydrogen-bond acceptors (Lipinski definition) is 5. The molecular formula is C19H23NO5. The third-order valence-corrected chi connectivity index (χ3v) is 3.91. The number of rotatable bonds is 7. The molecule has 1 atom stereocenters. The number of hydrogen-bond donors (Lipinski definition) is 1. The van der Waals surface area contributed by atoms with Crippen LogP contribution < -0.4 is 9.47 Å². The van der Waals surface area contributed by atoms with Crippen molar-refractivity contribution < 1.29 is 23.8 Å². The Kier molecular flexibility index (Phi) is 5.85. The molecule has 0 radical (unpaired) electrons. The van der Waals surface area contributed by atoms with Crippen molar-refractivity contribution in [3.63, 3.8) is 0 Å². The van der Waals surface area contributed by atoms with Gasteiger partial charge in [0.05, 0.1) is 25.0 Å². The van der Waals surface area contributed by atoms with Crippen LogP contribution in [-0.2, 0) is 4.74 Å². The summed E-state index contributed by atoms with van der Waals surface area (Å²) in [5.41, 5.74) is 1.91. The highest BCUT2D eigenvalue weighted by molar-refractivity contribution is 6.03. The Morgan fingerprint density at radius 3 is 2.40 bits per heavy atom. The number of carbonyl (C=O) groups excluding carboxylic acids is 2. The number of aromatic amines is 1.